The SMILES string of the molecule is CCNC(=NCCC(O)(c1nccn1C)C(F)(F)F)N1CCSC(C)(C)C1.I. The number of rotatable bonds is 5. The van der Waals surface area contributed by atoms with Crippen LogP contribution in [0.25, 0.3) is 0 Å². The smallest absolute Gasteiger partial charge is 0.374 e. The van der Waals surface area contributed by atoms with Crippen molar-refractivity contribution in [3.8, 4) is 0 Å². The summed E-state index contributed by atoms with van der Waals surface area (Å²) in [5.41, 5.74) is -3.04. The lowest BCUT2D eigenvalue weighted by molar-refractivity contribution is -0.272. The number of hydrogen-bond acceptors (Lipinski definition) is 4. The van der Waals surface area contributed by atoms with E-state index in [0.29, 0.717) is 12.5 Å². The predicted octanol–water partition coefficient (Wildman–Crippen LogP) is 2.97. The summed E-state index contributed by atoms with van der Waals surface area (Å²) in [7, 11) is 1.43. The van der Waals surface area contributed by atoms with Crippen LogP contribution in [0.1, 0.15) is 33.0 Å². The third kappa shape index (κ3) is 5.91. The third-order valence-electron chi connectivity index (χ3n) is 4.46. The topological polar surface area (TPSA) is 65.7 Å². The van der Waals surface area contributed by atoms with Crippen molar-refractivity contribution >= 4 is 41.7 Å². The number of aryl methyl sites for hydroxylation is 1. The van der Waals surface area contributed by atoms with Gasteiger partial charge < -0.3 is 19.9 Å². The number of thioether (sulfide) groups is 1. The summed E-state index contributed by atoms with van der Waals surface area (Å²) >= 11 is 1.87. The summed E-state index contributed by atoms with van der Waals surface area (Å²) in [5.74, 6) is 1.08. The van der Waals surface area contributed by atoms with Crippen LogP contribution in [0.2, 0.25) is 0 Å². The van der Waals surface area contributed by atoms with Gasteiger partial charge >= 0.3 is 6.18 Å². The summed E-state index contributed by atoms with van der Waals surface area (Å²) in [6.45, 7) is 8.17. The van der Waals surface area contributed by atoms with Gasteiger partial charge in [0, 0.05) is 62.5 Å². The predicted molar refractivity (Wildman–Crippen MR) is 117 cm³/mol. The zero-order valence-electron chi connectivity index (χ0n) is 16.6. The molecule has 0 saturated carbocycles. The Bertz CT molecular complexity index is 667. The second-order valence-corrected chi connectivity index (χ2v) is 9.04. The maximum Gasteiger partial charge on any atom is 0.424 e. The van der Waals surface area contributed by atoms with E-state index in [4.69, 9.17) is 0 Å². The van der Waals surface area contributed by atoms with Crippen LogP contribution in [-0.4, -0.2) is 68.4 Å². The fraction of sp³-hybridized carbons (Fsp3) is 0.765. The number of halogens is 4. The van der Waals surface area contributed by atoms with Crippen LogP contribution in [0, 0.1) is 0 Å². The molecule has 0 aromatic carbocycles. The van der Waals surface area contributed by atoms with E-state index in [1.807, 2.05) is 18.7 Å². The first-order valence-electron chi connectivity index (χ1n) is 8.94. The largest absolute Gasteiger partial charge is 0.424 e. The van der Waals surface area contributed by atoms with Crippen molar-refractivity contribution in [1.29, 1.82) is 0 Å². The fourth-order valence-corrected chi connectivity index (χ4v) is 4.20. The Labute approximate surface area is 185 Å². The highest BCUT2D eigenvalue weighted by molar-refractivity contribution is 14.0. The van der Waals surface area contributed by atoms with Gasteiger partial charge in [-0.1, -0.05) is 0 Å². The molecule has 2 N–H and O–H groups in total. The first kappa shape index (κ1) is 25.3. The molecule has 2 rings (SSSR count). The van der Waals surface area contributed by atoms with Crippen LogP contribution in [0.3, 0.4) is 0 Å². The molecule has 0 radical (unpaired) electrons. The number of nitrogens with zero attached hydrogens (tertiary/aromatic N) is 4. The van der Waals surface area contributed by atoms with E-state index in [-0.39, 0.29) is 35.3 Å². The minimum Gasteiger partial charge on any atom is -0.374 e. The molecule has 1 aliphatic heterocycles. The van der Waals surface area contributed by atoms with Gasteiger partial charge in [-0.25, -0.2) is 4.98 Å². The lowest BCUT2D eigenvalue weighted by atomic mass is 9.98. The third-order valence-corrected chi connectivity index (χ3v) is 5.75. The molecular formula is C17H29F3IN5OS. The van der Waals surface area contributed by atoms with E-state index in [1.54, 1.807) is 0 Å². The molecule has 1 fully saturated rings. The maximum atomic E-state index is 13.6. The summed E-state index contributed by atoms with van der Waals surface area (Å²) in [4.78, 5) is 10.1. The number of imidazole rings is 1. The molecule has 0 bridgehead atoms. The first-order chi connectivity index (χ1) is 12.5. The molecule has 0 aliphatic carbocycles. The van der Waals surface area contributed by atoms with Crippen LogP contribution in [0.4, 0.5) is 13.2 Å². The Morgan fingerprint density at radius 2 is 2.11 bits per heavy atom. The van der Waals surface area contributed by atoms with Crippen molar-refractivity contribution in [2.45, 2.75) is 43.7 Å². The Hall–Kier alpha value is -0.690. The molecule has 1 unspecified atom stereocenters. The molecule has 1 aromatic heterocycles. The number of guanidine groups is 1. The van der Waals surface area contributed by atoms with E-state index in [1.165, 1.54) is 24.0 Å². The number of nitrogens with one attached hydrogen (secondary N) is 1. The monoisotopic (exact) mass is 535 g/mol. The Morgan fingerprint density at radius 3 is 2.61 bits per heavy atom. The molecule has 1 saturated heterocycles. The lowest BCUT2D eigenvalue weighted by Crippen LogP contribution is -2.51. The van der Waals surface area contributed by atoms with E-state index < -0.39 is 24.0 Å². The highest BCUT2D eigenvalue weighted by atomic mass is 127. The van der Waals surface area contributed by atoms with Gasteiger partial charge in [0.2, 0.25) is 5.60 Å². The molecule has 1 aliphatic rings. The maximum absolute atomic E-state index is 13.6. The fourth-order valence-electron chi connectivity index (χ4n) is 3.09. The number of aliphatic hydroxyl groups is 1. The van der Waals surface area contributed by atoms with Gasteiger partial charge in [-0.05, 0) is 20.8 Å². The Balaban J connectivity index is 0.00000392. The van der Waals surface area contributed by atoms with E-state index >= 15 is 0 Å². The summed E-state index contributed by atoms with van der Waals surface area (Å²) in [6.07, 6.45) is -2.81. The van der Waals surface area contributed by atoms with Gasteiger partial charge in [0.25, 0.3) is 0 Å². The van der Waals surface area contributed by atoms with Gasteiger partial charge in [0.05, 0.1) is 0 Å². The van der Waals surface area contributed by atoms with Crippen LogP contribution < -0.4 is 5.32 Å². The number of hydrogen-bond donors (Lipinski definition) is 2. The van der Waals surface area contributed by atoms with Crippen molar-refractivity contribution in [1.82, 2.24) is 19.8 Å². The Morgan fingerprint density at radius 1 is 1.43 bits per heavy atom. The van der Waals surface area contributed by atoms with Crippen molar-refractivity contribution < 1.29 is 18.3 Å². The van der Waals surface area contributed by atoms with Gasteiger partial charge in [0.15, 0.2) is 5.96 Å². The zero-order chi connectivity index (χ0) is 20.3. The van der Waals surface area contributed by atoms with Crippen molar-refractivity contribution in [2.75, 3.05) is 31.9 Å². The van der Waals surface area contributed by atoms with Crippen LogP contribution >= 0.6 is 35.7 Å². The molecule has 1 aromatic rings. The second kappa shape index (κ2) is 9.88. The minimum atomic E-state index is -4.84. The van der Waals surface area contributed by atoms with Gasteiger partial charge in [-0.2, -0.15) is 24.9 Å². The van der Waals surface area contributed by atoms with E-state index in [9.17, 15) is 18.3 Å². The average Bonchev–Trinajstić information content (AvgIpc) is 2.98. The first-order valence-corrected chi connectivity index (χ1v) is 9.93. The summed E-state index contributed by atoms with van der Waals surface area (Å²) in [6, 6.07) is 0. The molecule has 11 heteroatoms. The Kier molecular flexibility index (Phi) is 8.94. The molecular weight excluding hydrogens is 506 g/mol. The van der Waals surface area contributed by atoms with Crippen molar-refractivity contribution in [3.63, 3.8) is 0 Å². The van der Waals surface area contributed by atoms with E-state index in [2.05, 4.69) is 34.0 Å². The molecule has 2 heterocycles. The second-order valence-electron chi connectivity index (χ2n) is 7.24. The molecule has 6 nitrogen and oxygen atoms in total. The number of aromatic nitrogens is 2. The lowest BCUT2D eigenvalue weighted by Gasteiger charge is -2.39. The zero-order valence-corrected chi connectivity index (χ0v) is 19.7. The minimum absolute atomic E-state index is 0. The van der Waals surface area contributed by atoms with Gasteiger partial charge in [-0.15, -0.1) is 24.0 Å². The van der Waals surface area contributed by atoms with Crippen molar-refractivity contribution in [2.24, 2.45) is 12.0 Å². The standard InChI is InChI=1S/C17H28F3N5OS.HI/c1-5-21-14(25-10-11-27-15(2,3)12-25)23-7-6-16(26,17(18,19)20)13-22-8-9-24(13)4;/h8-9,26H,5-7,10-12H2,1-4H3,(H,21,23);1H. The molecule has 162 valence electrons. The molecule has 0 amide bonds. The van der Waals surface area contributed by atoms with Crippen LogP contribution in [0.15, 0.2) is 17.4 Å². The highest BCUT2D eigenvalue weighted by Crippen LogP contribution is 2.40. The number of aliphatic imine (C=N–C) groups is 1. The summed E-state index contributed by atoms with van der Waals surface area (Å²) in [5, 5.41) is 13.6. The normalized spacial score (nSPS) is 19.7. The molecule has 1 atom stereocenters. The van der Waals surface area contributed by atoms with Crippen molar-refractivity contribution in [3.05, 3.63) is 18.2 Å². The molecule has 0 spiro atoms. The highest BCUT2D eigenvalue weighted by Gasteiger charge is 2.57. The van der Waals surface area contributed by atoms with E-state index in [0.717, 1.165) is 18.8 Å². The van der Waals surface area contributed by atoms with Crippen LogP contribution in [0.5, 0.6) is 0 Å². The van der Waals surface area contributed by atoms with Crippen LogP contribution in [-0.2, 0) is 12.6 Å². The van der Waals surface area contributed by atoms with Gasteiger partial charge in [0.1, 0.15) is 5.82 Å². The summed E-state index contributed by atoms with van der Waals surface area (Å²) < 4.78 is 42.0. The number of alkyl halides is 3. The molecule has 28 heavy (non-hydrogen) atoms. The quantitative estimate of drug-likeness (QED) is 0.345. The van der Waals surface area contributed by atoms with Gasteiger partial charge in [-0.3, -0.25) is 4.99 Å². The average molecular weight is 535 g/mol.